The van der Waals surface area contributed by atoms with Gasteiger partial charge in [-0.25, -0.2) is 9.37 Å². The number of halogens is 1. The third-order valence-corrected chi connectivity index (χ3v) is 7.61. The third kappa shape index (κ3) is 5.72. The van der Waals surface area contributed by atoms with Gasteiger partial charge in [-0.1, -0.05) is 66.7 Å². The highest BCUT2D eigenvalue weighted by atomic mass is 19.1. The molecule has 39 heavy (non-hydrogen) atoms. The smallest absolute Gasteiger partial charge is 0.127 e. The maximum Gasteiger partial charge on any atom is 0.127 e. The van der Waals surface area contributed by atoms with E-state index < -0.39 is 0 Å². The molecule has 0 atom stereocenters. The Morgan fingerprint density at radius 2 is 1.38 bits per heavy atom. The molecule has 6 rings (SSSR count). The van der Waals surface area contributed by atoms with Crippen LogP contribution in [0.3, 0.4) is 0 Å². The standard InChI is InChI=1S/C33H33FN4O/c1-39-29-15-16-30(34)28(21-29)23-36-17-19-37(20-18-36)24-33-35-31-9-5-6-10-32(31)38(33)22-25-11-13-27(14-12-25)26-7-3-2-4-8-26/h2-16,21H,17-20,22-24H2,1H3. The SMILES string of the molecule is COc1ccc(F)c(CN2CCN(Cc3nc4ccccc4n3Cc3ccc(-c4ccccc4)cc3)CC2)c1. The maximum atomic E-state index is 14.4. The molecule has 4 aromatic carbocycles. The van der Waals surface area contributed by atoms with Crippen LogP contribution in [0, 0.1) is 5.82 Å². The number of para-hydroxylation sites is 2. The molecule has 1 aliphatic heterocycles. The molecule has 1 aliphatic rings. The lowest BCUT2D eigenvalue weighted by atomic mass is 10.0. The predicted octanol–water partition coefficient (Wildman–Crippen LogP) is 6.22. The van der Waals surface area contributed by atoms with Gasteiger partial charge in [-0.2, -0.15) is 0 Å². The first-order valence-corrected chi connectivity index (χ1v) is 13.5. The minimum absolute atomic E-state index is 0.177. The number of rotatable bonds is 8. The summed E-state index contributed by atoms with van der Waals surface area (Å²) in [4.78, 5) is 9.79. The summed E-state index contributed by atoms with van der Waals surface area (Å²) in [7, 11) is 1.61. The third-order valence-electron chi connectivity index (χ3n) is 7.61. The van der Waals surface area contributed by atoms with Crippen LogP contribution >= 0.6 is 0 Å². The highest BCUT2D eigenvalue weighted by Gasteiger charge is 2.21. The van der Waals surface area contributed by atoms with Crippen LogP contribution in [-0.4, -0.2) is 52.6 Å². The highest BCUT2D eigenvalue weighted by Crippen LogP contribution is 2.24. The Morgan fingerprint density at radius 3 is 2.13 bits per heavy atom. The lowest BCUT2D eigenvalue weighted by molar-refractivity contribution is 0.118. The van der Waals surface area contributed by atoms with Crippen molar-refractivity contribution in [1.82, 2.24) is 19.4 Å². The lowest BCUT2D eigenvalue weighted by Gasteiger charge is -2.34. The van der Waals surface area contributed by atoms with Gasteiger partial charge in [0, 0.05) is 44.8 Å². The molecule has 0 amide bonds. The number of imidazole rings is 1. The summed E-state index contributed by atoms with van der Waals surface area (Å²) in [6.45, 7) is 5.77. The lowest BCUT2D eigenvalue weighted by Crippen LogP contribution is -2.45. The molecule has 0 unspecified atom stereocenters. The van der Waals surface area contributed by atoms with E-state index in [0.29, 0.717) is 17.9 Å². The van der Waals surface area contributed by atoms with Crippen molar-refractivity contribution in [2.75, 3.05) is 33.3 Å². The Morgan fingerprint density at radius 1 is 0.718 bits per heavy atom. The summed E-state index contributed by atoms with van der Waals surface area (Å²) in [5.74, 6) is 1.60. The van der Waals surface area contributed by atoms with Crippen molar-refractivity contribution in [3.8, 4) is 16.9 Å². The number of piperazine rings is 1. The molecule has 1 saturated heterocycles. The molecular formula is C33H33FN4O. The minimum atomic E-state index is -0.177. The van der Waals surface area contributed by atoms with E-state index in [4.69, 9.17) is 9.72 Å². The van der Waals surface area contributed by atoms with Crippen molar-refractivity contribution in [2.45, 2.75) is 19.6 Å². The van der Waals surface area contributed by atoms with Gasteiger partial charge in [0.25, 0.3) is 0 Å². The van der Waals surface area contributed by atoms with Crippen molar-refractivity contribution in [3.05, 3.63) is 120 Å². The first kappa shape index (κ1) is 25.3. The highest BCUT2D eigenvalue weighted by molar-refractivity contribution is 5.76. The molecule has 6 heteroatoms. The van der Waals surface area contributed by atoms with Crippen LogP contribution in [-0.2, 0) is 19.6 Å². The summed E-state index contributed by atoms with van der Waals surface area (Å²) in [5, 5.41) is 0. The average Bonchev–Trinajstić information content (AvgIpc) is 3.32. The predicted molar refractivity (Wildman–Crippen MR) is 154 cm³/mol. The Balaban J connectivity index is 1.15. The van der Waals surface area contributed by atoms with Crippen LogP contribution in [0.25, 0.3) is 22.2 Å². The van der Waals surface area contributed by atoms with Crippen LogP contribution in [0.1, 0.15) is 17.0 Å². The van der Waals surface area contributed by atoms with Crippen molar-refractivity contribution in [1.29, 1.82) is 0 Å². The van der Waals surface area contributed by atoms with Crippen molar-refractivity contribution in [2.24, 2.45) is 0 Å². The molecule has 198 valence electrons. The fraction of sp³-hybridized carbons (Fsp3) is 0.242. The fourth-order valence-corrected chi connectivity index (χ4v) is 5.38. The molecule has 2 heterocycles. The second-order valence-electron chi connectivity index (χ2n) is 10.2. The van der Waals surface area contributed by atoms with Crippen molar-refractivity contribution in [3.63, 3.8) is 0 Å². The van der Waals surface area contributed by atoms with E-state index in [1.807, 2.05) is 6.07 Å². The van der Waals surface area contributed by atoms with Crippen LogP contribution in [0.2, 0.25) is 0 Å². The first-order valence-electron chi connectivity index (χ1n) is 13.5. The molecule has 5 nitrogen and oxygen atoms in total. The Bertz CT molecular complexity index is 1540. The molecule has 0 spiro atoms. The van der Waals surface area contributed by atoms with Gasteiger partial charge < -0.3 is 9.30 Å². The van der Waals surface area contributed by atoms with Crippen molar-refractivity contribution >= 4 is 11.0 Å². The molecular weight excluding hydrogens is 487 g/mol. The van der Waals surface area contributed by atoms with Crippen LogP contribution in [0.4, 0.5) is 4.39 Å². The molecule has 1 aromatic heterocycles. The van der Waals surface area contributed by atoms with Gasteiger partial charge in [-0.3, -0.25) is 9.80 Å². The number of nitrogens with zero attached hydrogens (tertiary/aromatic N) is 4. The molecule has 0 aliphatic carbocycles. The van der Waals surface area contributed by atoms with Gasteiger partial charge in [-0.15, -0.1) is 0 Å². The summed E-state index contributed by atoms with van der Waals surface area (Å²) < 4.78 is 22.0. The summed E-state index contributed by atoms with van der Waals surface area (Å²) in [6, 6.07) is 32.7. The van der Waals surface area contributed by atoms with Gasteiger partial charge in [0.15, 0.2) is 0 Å². The number of fused-ring (bicyclic) bond motifs is 1. The monoisotopic (exact) mass is 520 g/mol. The number of benzene rings is 4. The normalized spacial score (nSPS) is 14.6. The minimum Gasteiger partial charge on any atom is -0.497 e. The number of hydrogen-bond acceptors (Lipinski definition) is 4. The molecule has 0 bridgehead atoms. The van der Waals surface area contributed by atoms with Gasteiger partial charge in [-0.05, 0) is 47.0 Å². The second kappa shape index (κ2) is 11.4. The quantitative estimate of drug-likeness (QED) is 0.243. The van der Waals surface area contributed by atoms with Crippen LogP contribution in [0.15, 0.2) is 97.1 Å². The van der Waals surface area contributed by atoms with Crippen LogP contribution < -0.4 is 4.74 Å². The Kier molecular flexibility index (Phi) is 7.39. The van der Waals surface area contributed by atoms with E-state index in [9.17, 15) is 4.39 Å². The van der Waals surface area contributed by atoms with E-state index in [1.165, 1.54) is 22.8 Å². The molecule has 0 N–H and O–H groups in total. The number of aromatic nitrogens is 2. The van der Waals surface area contributed by atoms with E-state index >= 15 is 0 Å². The average molecular weight is 521 g/mol. The Hall–Kier alpha value is -4.00. The van der Waals surface area contributed by atoms with E-state index in [2.05, 4.69) is 87.2 Å². The van der Waals surface area contributed by atoms with E-state index in [0.717, 1.165) is 56.1 Å². The van der Waals surface area contributed by atoms with Gasteiger partial charge >= 0.3 is 0 Å². The molecule has 5 aromatic rings. The molecule has 0 radical (unpaired) electrons. The first-order chi connectivity index (χ1) is 19.2. The van der Waals surface area contributed by atoms with Crippen molar-refractivity contribution < 1.29 is 9.13 Å². The summed E-state index contributed by atoms with van der Waals surface area (Å²) in [6.07, 6.45) is 0. The topological polar surface area (TPSA) is 33.5 Å². The zero-order valence-electron chi connectivity index (χ0n) is 22.3. The zero-order valence-corrected chi connectivity index (χ0v) is 22.3. The number of methoxy groups -OCH3 is 1. The maximum absolute atomic E-state index is 14.4. The van der Waals surface area contributed by atoms with Crippen LogP contribution in [0.5, 0.6) is 5.75 Å². The summed E-state index contributed by atoms with van der Waals surface area (Å²) >= 11 is 0. The number of hydrogen-bond donors (Lipinski definition) is 0. The van der Waals surface area contributed by atoms with E-state index in [1.54, 1.807) is 19.2 Å². The largest absolute Gasteiger partial charge is 0.497 e. The van der Waals surface area contributed by atoms with E-state index in [-0.39, 0.29) is 5.82 Å². The zero-order chi connectivity index (χ0) is 26.6. The second-order valence-corrected chi connectivity index (χ2v) is 10.2. The van der Waals surface area contributed by atoms with Gasteiger partial charge in [0.1, 0.15) is 17.4 Å². The van der Waals surface area contributed by atoms with Gasteiger partial charge in [0.05, 0.1) is 24.7 Å². The summed E-state index contributed by atoms with van der Waals surface area (Å²) in [5.41, 5.74) is 6.58. The fourth-order valence-electron chi connectivity index (χ4n) is 5.38. The van der Waals surface area contributed by atoms with Gasteiger partial charge in [0.2, 0.25) is 0 Å². The molecule has 0 saturated carbocycles. The number of ether oxygens (including phenoxy) is 1. The molecule has 1 fully saturated rings. The Labute approximate surface area is 229 Å².